The van der Waals surface area contributed by atoms with Gasteiger partial charge in [-0.3, -0.25) is 0 Å². The van der Waals surface area contributed by atoms with Gasteiger partial charge in [0.25, 0.3) is 11.8 Å². The molecule has 10 heteroatoms. The summed E-state index contributed by atoms with van der Waals surface area (Å²) in [6, 6.07) is 8.21. The summed E-state index contributed by atoms with van der Waals surface area (Å²) in [5.74, 6) is -2.38. The third-order valence-corrected chi connectivity index (χ3v) is 14.1. The molecule has 1 saturated heterocycles. The van der Waals surface area contributed by atoms with E-state index in [-0.39, 0.29) is 97.2 Å². The molecule has 0 bridgehead atoms. The van der Waals surface area contributed by atoms with Crippen LogP contribution >= 0.6 is 0 Å². The molecule has 0 atom stereocenters. The van der Waals surface area contributed by atoms with Crippen LogP contribution in [0.25, 0.3) is 0 Å². The van der Waals surface area contributed by atoms with Crippen LogP contribution in [0, 0.1) is 44.8 Å². The van der Waals surface area contributed by atoms with Gasteiger partial charge in [0, 0.05) is 44.0 Å². The highest BCUT2D eigenvalue weighted by molar-refractivity contribution is 5.32. The maximum atomic E-state index is 13.1. The van der Waals surface area contributed by atoms with Gasteiger partial charge in [-0.2, -0.15) is 0 Å². The van der Waals surface area contributed by atoms with Crippen molar-refractivity contribution in [3.8, 4) is 5.75 Å². The quantitative estimate of drug-likeness (QED) is 0.265. The predicted octanol–water partition coefficient (Wildman–Crippen LogP) is 28.8. The predicted molar refractivity (Wildman–Crippen MR) is 411 cm³/mol. The minimum atomic E-state index is -2.46. The lowest BCUT2D eigenvalue weighted by atomic mass is 9.76. The van der Waals surface area contributed by atoms with Crippen LogP contribution in [-0.2, 0) is 29.1 Å². The summed E-state index contributed by atoms with van der Waals surface area (Å²) in [6.45, 7) is 72.2. The Balaban J connectivity index is -0.000000121. The van der Waals surface area contributed by atoms with E-state index < -0.39 is 17.3 Å². The molecule has 6 fully saturated rings. The first-order valence-electron chi connectivity index (χ1n) is 34.3. The first kappa shape index (κ1) is 110. The summed E-state index contributed by atoms with van der Waals surface area (Å²) < 4.78 is 83.4. The molecule has 5 saturated carbocycles. The minimum absolute atomic E-state index is 0. The fraction of sp³-hybridized carbons (Fsp3) is 0.928. The van der Waals surface area contributed by atoms with Gasteiger partial charge >= 0.3 is 0 Å². The molecule has 1 heterocycles. The number of benzene rings is 1. The second-order valence-corrected chi connectivity index (χ2v) is 37.0. The molecule has 1 aliphatic heterocycles. The van der Waals surface area contributed by atoms with Crippen molar-refractivity contribution in [1.82, 2.24) is 0 Å². The van der Waals surface area contributed by atoms with E-state index >= 15 is 0 Å². The van der Waals surface area contributed by atoms with E-state index in [1.807, 2.05) is 39.8 Å². The normalized spacial score (nSPS) is 17.8. The lowest BCUT2D eigenvalue weighted by molar-refractivity contribution is -0.197. The summed E-state index contributed by atoms with van der Waals surface area (Å²) in [5.41, 5.74) is 2.65. The Bertz CT molecular complexity index is 1820. The van der Waals surface area contributed by atoms with Crippen LogP contribution in [0.15, 0.2) is 24.3 Å². The molecule has 0 amide bonds. The van der Waals surface area contributed by atoms with Gasteiger partial charge in [0.2, 0.25) is 0 Å². The van der Waals surface area contributed by atoms with E-state index in [9.17, 15) is 17.6 Å². The lowest BCUT2D eigenvalue weighted by Gasteiger charge is -2.38. The zero-order valence-corrected chi connectivity index (χ0v) is 64.2. The van der Waals surface area contributed by atoms with Crippen LogP contribution in [0.4, 0.5) is 17.6 Å². The van der Waals surface area contributed by atoms with Crippen molar-refractivity contribution in [1.29, 1.82) is 0 Å². The Labute approximate surface area is 584 Å². The molecule has 0 spiro atoms. The van der Waals surface area contributed by atoms with E-state index in [2.05, 4.69) is 192 Å². The average molecular weight is 1340 g/mol. The monoisotopic (exact) mass is 1340 g/mol. The molecule has 93 heavy (non-hydrogen) atoms. The molecule has 1 aromatic carbocycles. The number of hydrogen-bond donors (Lipinski definition) is 0. The molecular formula is C83H174F4O6. The Kier molecular flexibility index (Phi) is 56.3. The maximum Gasteiger partial charge on any atom is 0.255 e. The van der Waals surface area contributed by atoms with Crippen LogP contribution < -0.4 is 4.74 Å². The highest BCUT2D eigenvalue weighted by Gasteiger charge is 2.54. The molecule has 0 aromatic heterocycles. The maximum absolute atomic E-state index is 13.1. The van der Waals surface area contributed by atoms with Crippen molar-refractivity contribution in [3.63, 3.8) is 0 Å². The fourth-order valence-electron chi connectivity index (χ4n) is 8.96. The van der Waals surface area contributed by atoms with Crippen LogP contribution in [0.5, 0.6) is 5.75 Å². The Morgan fingerprint density at radius 2 is 0.753 bits per heavy atom. The fourth-order valence-corrected chi connectivity index (χ4v) is 8.96. The first-order chi connectivity index (χ1) is 38.6. The van der Waals surface area contributed by atoms with Crippen LogP contribution in [0.3, 0.4) is 0 Å². The SMILES string of the molecule is C.C.C.C.C.C.CC(C)(C)C.CC(C)(C)C.CC(C)(C)C(F)(F)C1CC1.CC(C)(C)C1CC1.CC(C)(C)C1CCOCC1.CC(C)(C)OC1CC(F)(F)C1.CC(C)(C)OC1CCC1.CC(C)(C)OC1CCCCC1.CCOC(C)(C)C.COc1cccc(C(C)(C)C)c1. The van der Waals surface area contributed by atoms with Crippen LogP contribution in [0.1, 0.15) is 381 Å². The van der Waals surface area contributed by atoms with Gasteiger partial charge in [-0.1, -0.05) is 214 Å². The molecule has 0 unspecified atom stereocenters. The number of ether oxygens (including phenoxy) is 6. The number of alkyl halides is 4. The van der Waals surface area contributed by atoms with Gasteiger partial charge in [0.05, 0.1) is 47.8 Å². The van der Waals surface area contributed by atoms with Gasteiger partial charge in [-0.05, 0) is 217 Å². The van der Waals surface area contributed by atoms with Gasteiger partial charge in [-0.15, -0.1) is 0 Å². The second kappa shape index (κ2) is 47.6. The van der Waals surface area contributed by atoms with E-state index in [4.69, 9.17) is 28.4 Å². The van der Waals surface area contributed by atoms with E-state index in [0.717, 1.165) is 37.4 Å². The molecule has 7 rings (SSSR count). The molecule has 6 aliphatic rings. The van der Waals surface area contributed by atoms with E-state index in [0.29, 0.717) is 46.7 Å². The molecule has 0 N–H and O–H groups in total. The summed E-state index contributed by atoms with van der Waals surface area (Å²) in [5, 5.41) is 0. The summed E-state index contributed by atoms with van der Waals surface area (Å²) in [7, 11) is 1.70. The zero-order valence-electron chi connectivity index (χ0n) is 64.2. The standard InChI is InChI=1S/C11H16O.C10H20O.C9H18O.C8H14F2O.C8H14F2.C8H16O.C7H14.C6H14O.2C5H12.6CH4/c1-11(2,3)9-6-5-7-10(8-9)12-4;1-10(2,3)11-9-7-5-4-6-8-9;1-9(2,3)8-4-6-10-7-5-8;1-7(2,3)11-6-4-8(9,10)5-6;1-7(2,3)8(9,10)6-4-5-6;1-8(2,3)9-7-5-4-6-7;1-7(2,3)6-4-5-6;1-5-7-6(2,3)4;2*1-5(2,3)4;;;;;;/h5-8H,1-4H3;9H,4-8H2,1-3H3;8H,4-7H2,1-3H3;6H,4-5H2,1-3H3;6H,4-5H2,1-3H3;7H,4-6H2,1-3H3;6H,4-5H2,1-3H3;5H2,1-4H3;2*1-4H3;6*1H4. The largest absolute Gasteiger partial charge is 0.497 e. The van der Waals surface area contributed by atoms with Crippen LogP contribution in [0.2, 0.25) is 0 Å². The van der Waals surface area contributed by atoms with Crippen molar-refractivity contribution in [2.75, 3.05) is 26.9 Å². The van der Waals surface area contributed by atoms with Crippen LogP contribution in [-0.4, -0.2) is 79.5 Å². The summed E-state index contributed by atoms with van der Waals surface area (Å²) >= 11 is 0. The van der Waals surface area contributed by atoms with Crippen molar-refractivity contribution >= 4 is 0 Å². The molecule has 570 valence electrons. The van der Waals surface area contributed by atoms with E-state index in [1.165, 1.54) is 82.6 Å². The van der Waals surface area contributed by atoms with Crippen molar-refractivity contribution in [3.05, 3.63) is 29.8 Å². The Morgan fingerprint density at radius 1 is 0.430 bits per heavy atom. The van der Waals surface area contributed by atoms with E-state index in [1.54, 1.807) is 27.9 Å². The summed E-state index contributed by atoms with van der Waals surface area (Å²) in [6.07, 6.45) is 18.2. The Morgan fingerprint density at radius 3 is 0.946 bits per heavy atom. The minimum Gasteiger partial charge on any atom is -0.497 e. The average Bonchev–Trinajstić information content (AvgIpc) is 1.72. The van der Waals surface area contributed by atoms with Crippen molar-refractivity contribution in [2.45, 2.75) is 434 Å². The molecule has 0 radical (unpaired) electrons. The molecule has 6 nitrogen and oxygen atoms in total. The third-order valence-electron chi connectivity index (χ3n) is 14.1. The number of rotatable bonds is 6. The third kappa shape index (κ3) is 70.2. The van der Waals surface area contributed by atoms with Gasteiger partial charge < -0.3 is 28.4 Å². The van der Waals surface area contributed by atoms with Gasteiger partial charge in [0.1, 0.15) is 5.75 Å². The molecule has 1 aromatic rings. The smallest absolute Gasteiger partial charge is 0.255 e. The summed E-state index contributed by atoms with van der Waals surface area (Å²) in [4.78, 5) is 0. The van der Waals surface area contributed by atoms with Gasteiger partial charge in [-0.25, -0.2) is 17.6 Å². The van der Waals surface area contributed by atoms with Crippen molar-refractivity contribution in [2.24, 2.45) is 44.8 Å². The highest BCUT2D eigenvalue weighted by Crippen LogP contribution is 2.52. The first-order valence-corrected chi connectivity index (χ1v) is 34.3. The number of hydrogen-bond acceptors (Lipinski definition) is 6. The Hall–Kier alpha value is -1.46. The number of halogens is 4. The van der Waals surface area contributed by atoms with Gasteiger partial charge in [0.15, 0.2) is 0 Å². The number of methoxy groups -OCH3 is 1. The van der Waals surface area contributed by atoms with Crippen molar-refractivity contribution < 1.29 is 46.0 Å². The zero-order chi connectivity index (χ0) is 69.1. The lowest BCUT2D eigenvalue weighted by Crippen LogP contribution is -2.44. The highest BCUT2D eigenvalue weighted by atomic mass is 19.3. The molecule has 5 aliphatic carbocycles. The topological polar surface area (TPSA) is 55.4 Å². The molecular weight excluding hydrogens is 1170 g/mol. The second-order valence-electron chi connectivity index (χ2n) is 37.0.